The summed E-state index contributed by atoms with van der Waals surface area (Å²) in [6.45, 7) is 0. The zero-order valence-electron chi connectivity index (χ0n) is 10.8. The quantitative estimate of drug-likeness (QED) is 0.788. The van der Waals surface area contributed by atoms with Crippen LogP contribution in [-0.4, -0.2) is 14.9 Å². The number of carboxylic acid groups (broad SMARTS) is 1. The third-order valence-corrected chi connectivity index (χ3v) is 4.88. The van der Waals surface area contributed by atoms with Crippen molar-refractivity contribution in [3.63, 3.8) is 0 Å². The second-order valence-corrected chi connectivity index (χ2v) is 6.11. The molecule has 1 N–H and O–H groups in total. The van der Waals surface area contributed by atoms with Gasteiger partial charge in [-0.2, -0.15) is 3.71 Å². The molecule has 2 aromatic carbocycles. The second-order valence-electron chi connectivity index (χ2n) is 4.06. The minimum Gasteiger partial charge on any atom is -0.464 e. The summed E-state index contributed by atoms with van der Waals surface area (Å²) in [6, 6.07) is 19.7. The summed E-state index contributed by atoms with van der Waals surface area (Å²) in [4.78, 5) is 11.2. The first kappa shape index (κ1) is 14.8. The Kier molecular flexibility index (Phi) is 5.83. The molecule has 0 atom stereocenters. The fraction of sp³-hybridized carbons (Fsp3) is 0.133. The van der Waals surface area contributed by atoms with Gasteiger partial charge in [0.15, 0.2) is 0 Å². The zero-order chi connectivity index (χ0) is 14.2. The van der Waals surface area contributed by atoms with Crippen LogP contribution in [0.3, 0.4) is 0 Å². The molecule has 0 heterocycles. The monoisotopic (exact) mass is 305 g/mol. The van der Waals surface area contributed by atoms with Gasteiger partial charge in [-0.05, 0) is 35.0 Å². The lowest BCUT2D eigenvalue weighted by atomic mass is 10.2. The van der Waals surface area contributed by atoms with Crippen LogP contribution in [0.2, 0.25) is 0 Å². The van der Waals surface area contributed by atoms with Gasteiger partial charge < -0.3 is 5.11 Å². The highest BCUT2D eigenvalue weighted by Gasteiger charge is 2.13. The molecule has 20 heavy (non-hydrogen) atoms. The number of nitrogens with zero attached hydrogens (tertiary/aromatic N) is 1. The third-order valence-electron chi connectivity index (χ3n) is 2.54. The van der Waals surface area contributed by atoms with E-state index in [1.807, 2.05) is 60.7 Å². The number of carbonyl (C=O) groups is 1. The van der Waals surface area contributed by atoms with Crippen LogP contribution in [0, 0.1) is 0 Å². The number of benzene rings is 2. The largest absolute Gasteiger partial charge is 0.464 e. The van der Waals surface area contributed by atoms with E-state index in [4.69, 9.17) is 0 Å². The molecule has 2 aromatic rings. The lowest BCUT2D eigenvalue weighted by Crippen LogP contribution is -2.14. The highest BCUT2D eigenvalue weighted by Crippen LogP contribution is 2.27. The van der Waals surface area contributed by atoms with E-state index in [1.165, 1.54) is 27.6 Å². The first-order valence-corrected chi connectivity index (χ1v) is 8.01. The first-order valence-electron chi connectivity index (χ1n) is 6.12. The molecule has 3 nitrogen and oxygen atoms in total. The number of amides is 1. The van der Waals surface area contributed by atoms with E-state index in [0.717, 1.165) is 11.1 Å². The average Bonchev–Trinajstić information content (AvgIpc) is 2.49. The Morgan fingerprint density at radius 2 is 1.25 bits per heavy atom. The van der Waals surface area contributed by atoms with E-state index in [9.17, 15) is 9.90 Å². The molecule has 0 aliphatic rings. The van der Waals surface area contributed by atoms with Gasteiger partial charge in [-0.1, -0.05) is 60.7 Å². The molecule has 0 saturated carbocycles. The number of hydrogen-bond acceptors (Lipinski definition) is 3. The van der Waals surface area contributed by atoms with Crippen molar-refractivity contribution in [1.82, 2.24) is 3.71 Å². The Morgan fingerprint density at radius 1 is 0.850 bits per heavy atom. The summed E-state index contributed by atoms with van der Waals surface area (Å²) in [7, 11) is 0. The van der Waals surface area contributed by atoms with Crippen LogP contribution in [0.1, 0.15) is 11.1 Å². The van der Waals surface area contributed by atoms with Gasteiger partial charge in [-0.25, -0.2) is 4.79 Å². The highest BCUT2D eigenvalue weighted by molar-refractivity contribution is 8.12. The van der Waals surface area contributed by atoms with Gasteiger partial charge in [0.2, 0.25) is 0 Å². The van der Waals surface area contributed by atoms with E-state index in [2.05, 4.69) is 0 Å². The molecule has 1 amide bonds. The van der Waals surface area contributed by atoms with Crippen molar-refractivity contribution in [3.05, 3.63) is 71.8 Å². The van der Waals surface area contributed by atoms with Crippen molar-refractivity contribution in [1.29, 1.82) is 0 Å². The molecule has 0 fully saturated rings. The highest BCUT2D eigenvalue weighted by atomic mass is 32.2. The van der Waals surface area contributed by atoms with Crippen LogP contribution in [0.15, 0.2) is 60.7 Å². The standard InChI is InChI=1S/C15H15NO2S2/c17-15(18)16(19-11-13-7-3-1-4-8-13)20-12-14-9-5-2-6-10-14/h1-10H,11-12H2,(H,17,18). The Balaban J connectivity index is 1.86. The predicted octanol–water partition coefficient (Wildman–Crippen LogP) is 4.66. The van der Waals surface area contributed by atoms with Gasteiger partial charge in [0, 0.05) is 11.5 Å². The van der Waals surface area contributed by atoms with Crippen LogP contribution in [-0.2, 0) is 11.5 Å². The van der Waals surface area contributed by atoms with Gasteiger partial charge in [0.25, 0.3) is 0 Å². The molecule has 0 saturated heterocycles. The molecule has 2 rings (SSSR count). The summed E-state index contributed by atoms with van der Waals surface area (Å²) in [5.74, 6) is 1.30. The molecule has 0 spiro atoms. The Labute approximate surface area is 127 Å². The molecule has 0 aromatic heterocycles. The van der Waals surface area contributed by atoms with Crippen LogP contribution in [0.4, 0.5) is 4.79 Å². The molecule has 0 unspecified atom stereocenters. The molecule has 104 valence electrons. The van der Waals surface area contributed by atoms with Crippen molar-refractivity contribution >= 4 is 30.0 Å². The lowest BCUT2D eigenvalue weighted by molar-refractivity contribution is 0.191. The Bertz CT molecular complexity index is 491. The van der Waals surface area contributed by atoms with Crippen molar-refractivity contribution in [2.45, 2.75) is 11.5 Å². The van der Waals surface area contributed by atoms with Crippen LogP contribution in [0.25, 0.3) is 0 Å². The summed E-state index contributed by atoms with van der Waals surface area (Å²) < 4.78 is 1.32. The molecular formula is C15H15NO2S2. The van der Waals surface area contributed by atoms with Crippen molar-refractivity contribution in [2.24, 2.45) is 0 Å². The van der Waals surface area contributed by atoms with E-state index in [0.29, 0.717) is 11.5 Å². The van der Waals surface area contributed by atoms with Crippen LogP contribution >= 0.6 is 23.9 Å². The molecule has 0 radical (unpaired) electrons. The minimum absolute atomic E-state index is 0.648. The van der Waals surface area contributed by atoms with Crippen molar-refractivity contribution in [2.75, 3.05) is 0 Å². The van der Waals surface area contributed by atoms with E-state index < -0.39 is 6.09 Å². The smallest absolute Gasteiger partial charge is 0.427 e. The molecule has 0 aliphatic heterocycles. The number of hydrogen-bond donors (Lipinski definition) is 1. The third kappa shape index (κ3) is 4.83. The average molecular weight is 305 g/mol. The normalized spacial score (nSPS) is 10.2. The molecular weight excluding hydrogens is 290 g/mol. The van der Waals surface area contributed by atoms with E-state index in [1.54, 1.807) is 0 Å². The minimum atomic E-state index is -0.924. The summed E-state index contributed by atoms with van der Waals surface area (Å²) in [5, 5.41) is 9.21. The molecule has 0 aliphatic carbocycles. The summed E-state index contributed by atoms with van der Waals surface area (Å²) in [5.41, 5.74) is 2.23. The maximum Gasteiger partial charge on any atom is 0.427 e. The van der Waals surface area contributed by atoms with Gasteiger partial charge in [0.05, 0.1) is 0 Å². The molecule has 0 bridgehead atoms. The Hall–Kier alpha value is -1.59. The zero-order valence-corrected chi connectivity index (χ0v) is 12.4. The van der Waals surface area contributed by atoms with Crippen molar-refractivity contribution < 1.29 is 9.90 Å². The van der Waals surface area contributed by atoms with E-state index >= 15 is 0 Å². The van der Waals surface area contributed by atoms with Gasteiger partial charge in [-0.3, -0.25) is 0 Å². The Morgan fingerprint density at radius 3 is 1.60 bits per heavy atom. The second kappa shape index (κ2) is 7.87. The maximum atomic E-state index is 11.2. The summed E-state index contributed by atoms with van der Waals surface area (Å²) >= 11 is 2.60. The van der Waals surface area contributed by atoms with Gasteiger partial charge in [-0.15, -0.1) is 0 Å². The fourth-order valence-electron chi connectivity index (χ4n) is 1.56. The van der Waals surface area contributed by atoms with Crippen molar-refractivity contribution in [3.8, 4) is 0 Å². The van der Waals surface area contributed by atoms with Gasteiger partial charge >= 0.3 is 6.09 Å². The first-order chi connectivity index (χ1) is 9.75. The van der Waals surface area contributed by atoms with E-state index in [-0.39, 0.29) is 0 Å². The lowest BCUT2D eigenvalue weighted by Gasteiger charge is -2.16. The number of rotatable bonds is 6. The van der Waals surface area contributed by atoms with Gasteiger partial charge in [0.1, 0.15) is 0 Å². The SMILES string of the molecule is O=C(O)N(SCc1ccccc1)SCc1ccccc1. The molecule has 5 heteroatoms. The van der Waals surface area contributed by atoms with Crippen LogP contribution in [0.5, 0.6) is 0 Å². The predicted molar refractivity (Wildman–Crippen MR) is 85.3 cm³/mol. The summed E-state index contributed by atoms with van der Waals surface area (Å²) in [6.07, 6.45) is -0.924. The maximum absolute atomic E-state index is 11.2. The van der Waals surface area contributed by atoms with Crippen LogP contribution < -0.4 is 0 Å². The topological polar surface area (TPSA) is 40.5 Å². The fourth-order valence-corrected chi connectivity index (χ4v) is 3.32.